The lowest BCUT2D eigenvalue weighted by molar-refractivity contribution is -0.143. The number of hydrogen-bond donors (Lipinski definition) is 1. The highest BCUT2D eigenvalue weighted by Gasteiger charge is 2.36. The Bertz CT molecular complexity index is 783. The van der Waals surface area contributed by atoms with Crippen LogP contribution in [-0.2, 0) is 29.6 Å². The van der Waals surface area contributed by atoms with E-state index in [1.54, 1.807) is 21.9 Å². The smallest absolute Gasteiger partial charge is 0.249 e. The minimum absolute atomic E-state index is 0.0250. The van der Waals surface area contributed by atoms with E-state index in [0.717, 1.165) is 17.5 Å². The van der Waals surface area contributed by atoms with Gasteiger partial charge in [0.15, 0.2) is 0 Å². The van der Waals surface area contributed by atoms with Gasteiger partial charge in [0.2, 0.25) is 17.8 Å². The fourth-order valence-corrected chi connectivity index (χ4v) is 3.13. The average molecular weight is 340 g/mol. The number of carbonyl (C=O) groups is 2. The molecule has 2 aromatic rings. The summed E-state index contributed by atoms with van der Waals surface area (Å²) in [5.74, 6) is 0.214. The third-order valence-corrected chi connectivity index (χ3v) is 4.92. The first-order valence-corrected chi connectivity index (χ1v) is 8.66. The summed E-state index contributed by atoms with van der Waals surface area (Å²) in [6.45, 7) is 4.37. The van der Waals surface area contributed by atoms with Crippen LogP contribution in [0.3, 0.4) is 0 Å². The van der Waals surface area contributed by atoms with Crippen LogP contribution in [0.5, 0.6) is 0 Å². The topological polar surface area (TPSA) is 67.2 Å². The summed E-state index contributed by atoms with van der Waals surface area (Å²) in [6.07, 6.45) is 4.68. The average Bonchev–Trinajstić information content (AvgIpc) is 3.03. The predicted octanol–water partition coefficient (Wildman–Crippen LogP) is 2.36. The molecule has 25 heavy (non-hydrogen) atoms. The first-order chi connectivity index (χ1) is 12.0. The fraction of sp³-hybridized carbons (Fsp3) is 0.421. The Hall–Kier alpha value is -2.63. The van der Waals surface area contributed by atoms with E-state index in [9.17, 15) is 9.59 Å². The number of anilines is 1. The summed E-state index contributed by atoms with van der Waals surface area (Å²) in [6, 6.07) is 7.48. The molecule has 2 heterocycles. The minimum Gasteiger partial charge on any atom is -0.326 e. The molecule has 1 aromatic heterocycles. The number of aryl methyl sites for hydroxylation is 1. The molecule has 0 bridgehead atoms. The number of nitrogens with zero attached hydrogens (tertiary/aromatic N) is 3. The zero-order chi connectivity index (χ0) is 18.0. The highest BCUT2D eigenvalue weighted by atomic mass is 16.2. The van der Waals surface area contributed by atoms with Gasteiger partial charge in [0.1, 0.15) is 6.04 Å². The zero-order valence-electron chi connectivity index (χ0n) is 14.9. The summed E-state index contributed by atoms with van der Waals surface area (Å²) >= 11 is 0. The molecule has 2 unspecified atom stereocenters. The van der Waals surface area contributed by atoms with E-state index in [-0.39, 0.29) is 17.7 Å². The molecule has 3 rings (SSSR count). The molecule has 0 saturated carbocycles. The van der Waals surface area contributed by atoms with Crippen molar-refractivity contribution in [3.05, 3.63) is 47.8 Å². The summed E-state index contributed by atoms with van der Waals surface area (Å²) in [4.78, 5) is 31.6. The number of aromatic nitrogens is 2. The van der Waals surface area contributed by atoms with Crippen molar-refractivity contribution < 1.29 is 9.59 Å². The predicted molar refractivity (Wildman–Crippen MR) is 95.8 cm³/mol. The number of benzene rings is 1. The summed E-state index contributed by atoms with van der Waals surface area (Å²) in [5, 5.41) is 2.85. The van der Waals surface area contributed by atoms with Gasteiger partial charge in [-0.15, -0.1) is 0 Å². The van der Waals surface area contributed by atoms with Gasteiger partial charge in [-0.3, -0.25) is 14.9 Å². The third-order valence-electron chi connectivity index (χ3n) is 4.92. The van der Waals surface area contributed by atoms with Crippen molar-refractivity contribution in [3.63, 3.8) is 0 Å². The SMILES string of the molecule is CCC(C)C(=O)N1Cc2ccccc2CC1C(=O)Nc1nccn1C. The van der Waals surface area contributed by atoms with Crippen molar-refractivity contribution in [2.45, 2.75) is 39.3 Å². The van der Waals surface area contributed by atoms with E-state index in [1.807, 2.05) is 45.2 Å². The van der Waals surface area contributed by atoms with Crippen LogP contribution < -0.4 is 5.32 Å². The molecule has 0 spiro atoms. The number of nitrogens with one attached hydrogen (secondary N) is 1. The van der Waals surface area contributed by atoms with Crippen LogP contribution in [0.25, 0.3) is 0 Å². The molecule has 1 N–H and O–H groups in total. The van der Waals surface area contributed by atoms with Crippen molar-refractivity contribution in [2.24, 2.45) is 13.0 Å². The Balaban J connectivity index is 1.88. The van der Waals surface area contributed by atoms with Crippen LogP contribution in [0.2, 0.25) is 0 Å². The lowest BCUT2D eigenvalue weighted by atomic mass is 9.92. The van der Waals surface area contributed by atoms with Gasteiger partial charge >= 0.3 is 0 Å². The number of imidazole rings is 1. The van der Waals surface area contributed by atoms with E-state index in [2.05, 4.69) is 10.3 Å². The molecule has 2 atom stereocenters. The molecule has 0 fully saturated rings. The lowest BCUT2D eigenvalue weighted by Gasteiger charge is -2.37. The van der Waals surface area contributed by atoms with Crippen molar-refractivity contribution in [1.82, 2.24) is 14.5 Å². The van der Waals surface area contributed by atoms with Gasteiger partial charge in [-0.05, 0) is 17.5 Å². The van der Waals surface area contributed by atoms with E-state index in [0.29, 0.717) is 18.9 Å². The first-order valence-electron chi connectivity index (χ1n) is 8.66. The molecule has 1 aliphatic rings. The van der Waals surface area contributed by atoms with Crippen molar-refractivity contribution in [1.29, 1.82) is 0 Å². The molecular formula is C19H24N4O2. The van der Waals surface area contributed by atoms with Gasteiger partial charge in [-0.25, -0.2) is 4.98 Å². The van der Waals surface area contributed by atoms with E-state index in [4.69, 9.17) is 0 Å². The van der Waals surface area contributed by atoms with Gasteiger partial charge in [-0.1, -0.05) is 38.1 Å². The molecule has 132 valence electrons. The highest BCUT2D eigenvalue weighted by molar-refractivity contribution is 5.97. The number of amides is 2. The Morgan fingerprint density at radius 2 is 2.04 bits per heavy atom. The largest absolute Gasteiger partial charge is 0.326 e. The minimum atomic E-state index is -0.520. The Labute approximate surface area is 147 Å². The van der Waals surface area contributed by atoms with Gasteiger partial charge in [-0.2, -0.15) is 0 Å². The van der Waals surface area contributed by atoms with Crippen molar-refractivity contribution >= 4 is 17.8 Å². The van der Waals surface area contributed by atoms with Crippen LogP contribution >= 0.6 is 0 Å². The number of carbonyl (C=O) groups excluding carboxylic acids is 2. The lowest BCUT2D eigenvalue weighted by Crippen LogP contribution is -2.52. The van der Waals surface area contributed by atoms with Crippen LogP contribution in [-0.4, -0.2) is 32.3 Å². The van der Waals surface area contributed by atoms with Crippen molar-refractivity contribution in [2.75, 3.05) is 5.32 Å². The number of hydrogen-bond acceptors (Lipinski definition) is 3. The molecule has 2 amide bonds. The van der Waals surface area contributed by atoms with E-state index < -0.39 is 6.04 Å². The molecule has 0 saturated heterocycles. The number of fused-ring (bicyclic) bond motifs is 1. The molecule has 0 aliphatic carbocycles. The summed E-state index contributed by atoms with van der Waals surface area (Å²) in [7, 11) is 1.82. The monoisotopic (exact) mass is 340 g/mol. The zero-order valence-corrected chi connectivity index (χ0v) is 14.9. The van der Waals surface area contributed by atoms with Gasteiger partial charge < -0.3 is 9.47 Å². The highest BCUT2D eigenvalue weighted by Crippen LogP contribution is 2.26. The van der Waals surface area contributed by atoms with E-state index >= 15 is 0 Å². The standard InChI is InChI=1S/C19H24N4O2/c1-4-13(2)18(25)23-12-15-8-6-5-7-14(15)11-16(23)17(24)21-19-20-9-10-22(19)3/h5-10,13,16H,4,11-12H2,1-3H3,(H,20,21,24). The molecular weight excluding hydrogens is 316 g/mol. The Morgan fingerprint density at radius 1 is 1.32 bits per heavy atom. The fourth-order valence-electron chi connectivity index (χ4n) is 3.13. The Kier molecular flexibility index (Phi) is 4.88. The van der Waals surface area contributed by atoms with Gasteiger partial charge in [0, 0.05) is 38.3 Å². The normalized spacial score (nSPS) is 17.7. The summed E-state index contributed by atoms with van der Waals surface area (Å²) in [5.41, 5.74) is 2.23. The second kappa shape index (κ2) is 7.09. The van der Waals surface area contributed by atoms with Crippen LogP contribution in [0, 0.1) is 5.92 Å². The van der Waals surface area contributed by atoms with Gasteiger partial charge in [0.05, 0.1) is 0 Å². The van der Waals surface area contributed by atoms with Crippen molar-refractivity contribution in [3.8, 4) is 0 Å². The third kappa shape index (κ3) is 3.43. The Morgan fingerprint density at radius 3 is 2.68 bits per heavy atom. The molecule has 0 radical (unpaired) electrons. The molecule has 1 aliphatic heterocycles. The van der Waals surface area contributed by atoms with E-state index in [1.165, 1.54) is 0 Å². The quantitative estimate of drug-likeness (QED) is 0.929. The number of rotatable bonds is 4. The first kappa shape index (κ1) is 17.2. The maximum Gasteiger partial charge on any atom is 0.249 e. The molecule has 1 aromatic carbocycles. The van der Waals surface area contributed by atoms with Crippen LogP contribution in [0.4, 0.5) is 5.95 Å². The summed E-state index contributed by atoms with van der Waals surface area (Å²) < 4.78 is 1.75. The molecule has 6 heteroatoms. The second-order valence-corrected chi connectivity index (χ2v) is 6.62. The van der Waals surface area contributed by atoms with Gasteiger partial charge in [0.25, 0.3) is 0 Å². The maximum atomic E-state index is 12.9. The second-order valence-electron chi connectivity index (χ2n) is 6.62. The maximum absolute atomic E-state index is 12.9. The van der Waals surface area contributed by atoms with Crippen LogP contribution in [0.1, 0.15) is 31.4 Å². The molecule has 6 nitrogen and oxygen atoms in total. The van der Waals surface area contributed by atoms with Crippen LogP contribution in [0.15, 0.2) is 36.7 Å².